The predicted octanol–water partition coefficient (Wildman–Crippen LogP) is 4.52. The molecule has 2 aromatic heterocycles. The third-order valence-electron chi connectivity index (χ3n) is 4.94. The molecule has 0 N–H and O–H groups in total. The number of rotatable bonds is 4. The molecule has 3 rings (SSSR count). The quantitative estimate of drug-likeness (QED) is 0.601. The summed E-state index contributed by atoms with van der Waals surface area (Å²) in [5, 5.41) is 4.56. The highest BCUT2D eigenvalue weighted by molar-refractivity contribution is 8.01. The molecule has 0 spiro atoms. The summed E-state index contributed by atoms with van der Waals surface area (Å²) in [6.07, 6.45) is 1.61. The van der Waals surface area contributed by atoms with Gasteiger partial charge in [0.05, 0.1) is 11.9 Å². The maximum atomic E-state index is 13.5. The maximum Gasteiger partial charge on any atom is 0.213 e. The lowest BCUT2D eigenvalue weighted by Gasteiger charge is -2.26. The van der Waals surface area contributed by atoms with Crippen LogP contribution in [0.15, 0.2) is 45.8 Å². The highest BCUT2D eigenvalue weighted by Gasteiger charge is 2.37. The first-order valence-corrected chi connectivity index (χ1v) is 10.7. The van der Waals surface area contributed by atoms with Gasteiger partial charge in [0.2, 0.25) is 5.89 Å². The smallest absolute Gasteiger partial charge is 0.213 e. The Balaban J connectivity index is 2.01. The molecule has 1 atom stereocenters. The summed E-state index contributed by atoms with van der Waals surface area (Å²) >= 11 is 0. The molecule has 150 valence electrons. The summed E-state index contributed by atoms with van der Waals surface area (Å²) in [5.41, 5.74) is 1.63. The fourth-order valence-corrected chi connectivity index (χ4v) is 4.37. The van der Waals surface area contributed by atoms with Crippen LogP contribution in [0.2, 0.25) is 0 Å². The zero-order valence-corrected chi connectivity index (χ0v) is 17.9. The third kappa shape index (κ3) is 3.39. The lowest BCUT2D eigenvalue weighted by molar-refractivity contribution is 0.450. The molecule has 2 heterocycles. The Morgan fingerprint density at radius 1 is 1.14 bits per heavy atom. The average Bonchev–Trinajstić information content (AvgIpc) is 3.21. The van der Waals surface area contributed by atoms with Gasteiger partial charge in [-0.05, 0) is 50.0 Å². The van der Waals surface area contributed by atoms with Crippen LogP contribution in [0.5, 0.6) is 0 Å². The lowest BCUT2D eigenvalue weighted by atomic mass is 9.92. The van der Waals surface area contributed by atoms with Crippen LogP contribution in [-0.2, 0) is 26.7 Å². The molecule has 0 saturated heterocycles. The Kier molecular flexibility index (Phi) is 4.78. The number of hydrogen-bond donors (Lipinski definition) is 0. The molecule has 0 aliphatic heterocycles. The summed E-state index contributed by atoms with van der Waals surface area (Å²) in [6.45, 7) is 9.81. The van der Waals surface area contributed by atoms with E-state index in [1.54, 1.807) is 24.7 Å². The molecule has 3 aromatic rings. The highest BCUT2D eigenvalue weighted by atomic mass is 32.2. The van der Waals surface area contributed by atoms with Gasteiger partial charge in [0.25, 0.3) is 0 Å². The van der Waals surface area contributed by atoms with Gasteiger partial charge in [-0.15, -0.1) is 0 Å². The summed E-state index contributed by atoms with van der Waals surface area (Å²) in [7, 11) is -1.00. The minimum absolute atomic E-state index is 0.0949. The SMILES string of the molecule is C=S(=O)(c1ccc(F)cc1)C(C)(C)c1ncc(-c2cc(C(C)(C)C)nn2C)o1. The van der Waals surface area contributed by atoms with Crippen molar-refractivity contribution in [3.8, 4) is 11.5 Å². The normalized spacial score (nSPS) is 14.8. The Labute approximate surface area is 165 Å². The molecular formula is C21H26FN3O2S. The number of nitrogens with zero attached hydrogens (tertiary/aromatic N) is 3. The first-order valence-electron chi connectivity index (χ1n) is 8.97. The van der Waals surface area contributed by atoms with E-state index < -0.39 is 14.3 Å². The van der Waals surface area contributed by atoms with Crippen molar-refractivity contribution in [1.29, 1.82) is 0 Å². The van der Waals surface area contributed by atoms with E-state index in [0.717, 1.165) is 11.4 Å². The van der Waals surface area contributed by atoms with Crippen LogP contribution in [-0.4, -0.2) is 24.8 Å². The number of aryl methyl sites for hydroxylation is 1. The topological polar surface area (TPSA) is 60.9 Å². The summed E-state index contributed by atoms with van der Waals surface area (Å²) in [4.78, 5) is 4.84. The van der Waals surface area contributed by atoms with Crippen molar-refractivity contribution >= 4 is 15.4 Å². The van der Waals surface area contributed by atoms with Gasteiger partial charge in [-0.25, -0.2) is 9.37 Å². The second-order valence-electron chi connectivity index (χ2n) is 8.46. The third-order valence-corrected chi connectivity index (χ3v) is 7.80. The molecule has 0 saturated carbocycles. The Hall–Kier alpha value is -2.41. The van der Waals surface area contributed by atoms with Crippen molar-refractivity contribution in [2.75, 3.05) is 0 Å². The summed E-state index contributed by atoms with van der Waals surface area (Å²) < 4.78 is 33.5. The second-order valence-corrected chi connectivity index (χ2v) is 11.3. The molecule has 1 aromatic carbocycles. The van der Waals surface area contributed by atoms with E-state index in [4.69, 9.17) is 4.42 Å². The molecule has 0 fully saturated rings. The minimum atomic E-state index is -2.85. The van der Waals surface area contributed by atoms with Gasteiger partial charge in [-0.1, -0.05) is 20.8 Å². The molecule has 1 unspecified atom stereocenters. The van der Waals surface area contributed by atoms with E-state index in [1.165, 1.54) is 24.3 Å². The van der Waals surface area contributed by atoms with E-state index in [2.05, 4.69) is 36.7 Å². The van der Waals surface area contributed by atoms with E-state index in [0.29, 0.717) is 16.5 Å². The van der Waals surface area contributed by atoms with Crippen LogP contribution in [0.25, 0.3) is 11.5 Å². The van der Waals surface area contributed by atoms with Crippen LogP contribution < -0.4 is 0 Å². The largest absolute Gasteiger partial charge is 0.437 e. The van der Waals surface area contributed by atoms with Crippen LogP contribution in [0.3, 0.4) is 0 Å². The van der Waals surface area contributed by atoms with Crippen LogP contribution in [0.1, 0.15) is 46.2 Å². The van der Waals surface area contributed by atoms with Crippen LogP contribution in [0.4, 0.5) is 4.39 Å². The van der Waals surface area contributed by atoms with E-state index in [9.17, 15) is 8.60 Å². The first kappa shape index (κ1) is 20.3. The minimum Gasteiger partial charge on any atom is -0.437 e. The molecule has 28 heavy (non-hydrogen) atoms. The van der Waals surface area contributed by atoms with Crippen molar-refractivity contribution < 1.29 is 13.0 Å². The predicted molar refractivity (Wildman–Crippen MR) is 110 cm³/mol. The maximum absolute atomic E-state index is 13.5. The monoisotopic (exact) mass is 403 g/mol. The molecule has 0 bridgehead atoms. The van der Waals surface area contributed by atoms with Gasteiger partial charge in [0.1, 0.15) is 16.3 Å². The number of aromatic nitrogens is 3. The molecule has 5 nitrogen and oxygen atoms in total. The average molecular weight is 404 g/mol. The van der Waals surface area contributed by atoms with Gasteiger partial charge in [0.15, 0.2) is 5.76 Å². The number of halogens is 1. The molecular weight excluding hydrogens is 377 g/mol. The molecule has 0 aliphatic rings. The zero-order chi connectivity index (χ0) is 20.9. The van der Waals surface area contributed by atoms with Crippen molar-refractivity contribution in [3.05, 3.63) is 53.9 Å². The van der Waals surface area contributed by atoms with Crippen molar-refractivity contribution in [2.45, 2.75) is 49.7 Å². The number of benzene rings is 1. The molecule has 0 amide bonds. The van der Waals surface area contributed by atoms with E-state index >= 15 is 0 Å². The molecule has 7 heteroatoms. The number of oxazole rings is 1. The van der Waals surface area contributed by atoms with Gasteiger partial charge in [-0.2, -0.15) is 5.10 Å². The van der Waals surface area contributed by atoms with Crippen molar-refractivity contribution in [1.82, 2.24) is 14.8 Å². The van der Waals surface area contributed by atoms with Crippen LogP contribution >= 0.6 is 0 Å². The molecule has 0 aliphatic carbocycles. The summed E-state index contributed by atoms with van der Waals surface area (Å²) in [5.74, 6) is 4.41. The fourth-order valence-electron chi connectivity index (χ4n) is 2.83. The number of hydrogen-bond acceptors (Lipinski definition) is 4. The lowest BCUT2D eigenvalue weighted by Crippen LogP contribution is -2.29. The Morgan fingerprint density at radius 3 is 2.29 bits per heavy atom. The second kappa shape index (κ2) is 6.58. The highest BCUT2D eigenvalue weighted by Crippen LogP contribution is 2.36. The van der Waals surface area contributed by atoms with Gasteiger partial charge in [-0.3, -0.25) is 8.89 Å². The van der Waals surface area contributed by atoms with Crippen molar-refractivity contribution in [2.24, 2.45) is 7.05 Å². The molecule has 0 radical (unpaired) electrons. The Morgan fingerprint density at radius 2 is 1.75 bits per heavy atom. The van der Waals surface area contributed by atoms with Gasteiger partial charge >= 0.3 is 0 Å². The van der Waals surface area contributed by atoms with E-state index in [1.807, 2.05) is 13.1 Å². The first-order chi connectivity index (χ1) is 12.8. The summed E-state index contributed by atoms with van der Waals surface area (Å²) in [6, 6.07) is 7.51. The fraction of sp³-hybridized carbons (Fsp3) is 0.381. The van der Waals surface area contributed by atoms with Gasteiger partial charge < -0.3 is 4.42 Å². The Bertz CT molecular complexity index is 1100. The van der Waals surface area contributed by atoms with Crippen molar-refractivity contribution in [3.63, 3.8) is 0 Å². The van der Waals surface area contributed by atoms with Gasteiger partial charge in [0, 0.05) is 26.9 Å². The standard InChI is InChI=1S/C21H26FN3O2S/c1-20(2,3)18-12-16(25(6)24-18)17-13-23-19(27-17)21(4,5)28(7,26)15-10-8-14(22)9-11-15/h8-13H,7H2,1-6H3. The van der Waals surface area contributed by atoms with Crippen LogP contribution in [0, 0.1) is 5.82 Å². The van der Waals surface area contributed by atoms with E-state index in [-0.39, 0.29) is 11.2 Å². The zero-order valence-electron chi connectivity index (χ0n) is 17.1.